The first-order valence-electron chi connectivity index (χ1n) is 7.63. The van der Waals surface area contributed by atoms with Crippen LogP contribution in [0.25, 0.3) is 0 Å². The summed E-state index contributed by atoms with van der Waals surface area (Å²) < 4.78 is 0. The number of nitrogens with one attached hydrogen (secondary N) is 1. The minimum absolute atomic E-state index is 0.0689. The van der Waals surface area contributed by atoms with Gasteiger partial charge >= 0.3 is 0 Å². The highest BCUT2D eigenvalue weighted by atomic mass is 16.2. The van der Waals surface area contributed by atoms with Crippen molar-refractivity contribution in [1.29, 1.82) is 0 Å². The van der Waals surface area contributed by atoms with Crippen LogP contribution in [0.5, 0.6) is 0 Å². The lowest BCUT2D eigenvalue weighted by Crippen LogP contribution is -2.36. The predicted molar refractivity (Wildman–Crippen MR) is 80.9 cm³/mol. The maximum absolute atomic E-state index is 12.3. The third kappa shape index (κ3) is 2.89. The molecular weight excluding hydrogens is 280 g/mol. The van der Waals surface area contributed by atoms with Crippen LogP contribution < -0.4 is 5.32 Å². The second kappa shape index (κ2) is 5.55. The molecule has 0 aromatic heterocycles. The highest BCUT2D eigenvalue weighted by Gasteiger charge is 2.45. The highest BCUT2D eigenvalue weighted by molar-refractivity contribution is 6.04. The molecule has 1 saturated heterocycles. The molecule has 1 aromatic rings. The van der Waals surface area contributed by atoms with E-state index >= 15 is 0 Å². The molecular formula is C17H20N2O3. The lowest BCUT2D eigenvalue weighted by molar-refractivity contribution is -0.134. The van der Waals surface area contributed by atoms with E-state index < -0.39 is 5.92 Å². The van der Waals surface area contributed by atoms with Crippen molar-refractivity contribution in [3.05, 3.63) is 35.9 Å². The van der Waals surface area contributed by atoms with Crippen molar-refractivity contribution in [3.8, 4) is 0 Å². The molecule has 1 saturated carbocycles. The Morgan fingerprint density at radius 2 is 1.95 bits per heavy atom. The van der Waals surface area contributed by atoms with E-state index in [9.17, 15) is 14.4 Å². The van der Waals surface area contributed by atoms with E-state index in [1.54, 1.807) is 11.9 Å². The molecule has 22 heavy (non-hydrogen) atoms. The van der Waals surface area contributed by atoms with Gasteiger partial charge in [-0.2, -0.15) is 0 Å². The van der Waals surface area contributed by atoms with Gasteiger partial charge in [-0.25, -0.2) is 0 Å². The average molecular weight is 300 g/mol. The van der Waals surface area contributed by atoms with Crippen molar-refractivity contribution in [1.82, 2.24) is 10.2 Å². The molecule has 1 aromatic carbocycles. The molecule has 1 aliphatic heterocycles. The number of hydrogen-bond acceptors (Lipinski definition) is 3. The summed E-state index contributed by atoms with van der Waals surface area (Å²) in [5.74, 6) is -1.18. The number of nitrogens with zero attached hydrogens (tertiary/aromatic N) is 1. The van der Waals surface area contributed by atoms with E-state index in [2.05, 4.69) is 17.4 Å². The molecule has 1 N–H and O–H groups in total. The van der Waals surface area contributed by atoms with Gasteiger partial charge in [-0.15, -0.1) is 0 Å². The number of likely N-dealkylation sites (N-methyl/N-ethyl adjacent to an activating group) is 1. The van der Waals surface area contributed by atoms with Gasteiger partial charge in [0.05, 0.1) is 5.92 Å². The number of carbonyl (C=O) groups excluding carboxylic acids is 3. The fraction of sp³-hybridized carbons (Fsp3) is 0.471. The number of rotatable bonds is 5. The molecule has 1 unspecified atom stereocenters. The second-order valence-electron chi connectivity index (χ2n) is 6.41. The first-order chi connectivity index (χ1) is 10.5. The number of benzene rings is 1. The third-order valence-corrected chi connectivity index (χ3v) is 4.69. The fourth-order valence-corrected chi connectivity index (χ4v) is 3.16. The molecule has 0 spiro atoms. The van der Waals surface area contributed by atoms with Crippen LogP contribution in [0.3, 0.4) is 0 Å². The zero-order valence-corrected chi connectivity index (χ0v) is 12.7. The Morgan fingerprint density at radius 3 is 2.50 bits per heavy atom. The van der Waals surface area contributed by atoms with E-state index in [-0.39, 0.29) is 36.0 Å². The van der Waals surface area contributed by atoms with E-state index in [4.69, 9.17) is 0 Å². The van der Waals surface area contributed by atoms with Crippen molar-refractivity contribution in [3.63, 3.8) is 0 Å². The first-order valence-corrected chi connectivity index (χ1v) is 7.63. The molecule has 2 aliphatic rings. The molecule has 1 atom stereocenters. The van der Waals surface area contributed by atoms with Crippen molar-refractivity contribution >= 4 is 17.7 Å². The van der Waals surface area contributed by atoms with Crippen LogP contribution in [0, 0.1) is 5.92 Å². The monoisotopic (exact) mass is 300 g/mol. The van der Waals surface area contributed by atoms with E-state index in [1.165, 1.54) is 5.56 Å². The van der Waals surface area contributed by atoms with Gasteiger partial charge in [-0.3, -0.25) is 19.7 Å². The van der Waals surface area contributed by atoms with Gasteiger partial charge in [-0.1, -0.05) is 30.3 Å². The van der Waals surface area contributed by atoms with Crippen LogP contribution in [-0.4, -0.2) is 36.2 Å². The van der Waals surface area contributed by atoms with Gasteiger partial charge < -0.3 is 4.90 Å². The second-order valence-corrected chi connectivity index (χ2v) is 6.41. The minimum Gasteiger partial charge on any atom is -0.345 e. The van der Waals surface area contributed by atoms with Gasteiger partial charge in [0.2, 0.25) is 17.7 Å². The number of amides is 3. The quantitative estimate of drug-likeness (QED) is 0.832. The molecule has 3 amide bonds. The lowest BCUT2D eigenvalue weighted by Gasteiger charge is -2.25. The Balaban J connectivity index is 1.60. The van der Waals surface area contributed by atoms with Crippen LogP contribution in [-0.2, 0) is 19.8 Å². The maximum Gasteiger partial charge on any atom is 0.230 e. The fourth-order valence-electron chi connectivity index (χ4n) is 3.16. The van der Waals surface area contributed by atoms with Gasteiger partial charge in [0, 0.05) is 31.8 Å². The summed E-state index contributed by atoms with van der Waals surface area (Å²) in [5, 5.41) is 2.25. The molecule has 3 rings (SSSR count). The van der Waals surface area contributed by atoms with Crippen molar-refractivity contribution in [2.24, 2.45) is 5.92 Å². The summed E-state index contributed by atoms with van der Waals surface area (Å²) in [7, 11) is 1.78. The van der Waals surface area contributed by atoms with Crippen LogP contribution in [0.1, 0.15) is 31.2 Å². The Kier molecular flexibility index (Phi) is 3.72. The summed E-state index contributed by atoms with van der Waals surface area (Å²) in [4.78, 5) is 36.8. The first kappa shape index (κ1) is 14.8. The van der Waals surface area contributed by atoms with Gasteiger partial charge in [0.25, 0.3) is 0 Å². The minimum atomic E-state index is -0.505. The third-order valence-electron chi connectivity index (χ3n) is 4.69. The van der Waals surface area contributed by atoms with E-state index in [1.807, 2.05) is 18.2 Å². The number of carbonyl (C=O) groups is 3. The Labute approximate surface area is 129 Å². The molecule has 2 fully saturated rings. The lowest BCUT2D eigenvalue weighted by atomic mass is 9.95. The summed E-state index contributed by atoms with van der Waals surface area (Å²) in [5.41, 5.74) is 1.34. The zero-order valence-electron chi connectivity index (χ0n) is 12.7. The molecule has 116 valence electrons. The smallest absolute Gasteiger partial charge is 0.230 e. The number of imide groups is 1. The van der Waals surface area contributed by atoms with Crippen molar-refractivity contribution in [2.45, 2.75) is 31.1 Å². The van der Waals surface area contributed by atoms with Crippen LogP contribution >= 0.6 is 0 Å². The van der Waals surface area contributed by atoms with Crippen LogP contribution in [0.2, 0.25) is 0 Å². The normalized spacial score (nSPS) is 22.3. The Hall–Kier alpha value is -2.17. The number of hydrogen-bond donors (Lipinski definition) is 1. The zero-order chi connectivity index (χ0) is 15.7. The van der Waals surface area contributed by atoms with Crippen molar-refractivity contribution < 1.29 is 14.4 Å². The van der Waals surface area contributed by atoms with Gasteiger partial charge in [-0.05, 0) is 18.4 Å². The maximum atomic E-state index is 12.3. The summed E-state index contributed by atoms with van der Waals surface area (Å²) in [6.07, 6.45) is 2.40. The topological polar surface area (TPSA) is 66.5 Å². The summed E-state index contributed by atoms with van der Waals surface area (Å²) in [6, 6.07) is 10.2. The predicted octanol–water partition coefficient (Wildman–Crippen LogP) is 1.23. The van der Waals surface area contributed by atoms with E-state index in [0.717, 1.165) is 12.8 Å². The standard InChI is InChI=1S/C17H20N2O3/c1-19(15(21)10-12-9-14(20)18-16(12)22)11-17(7-8-17)13-5-3-2-4-6-13/h2-6,12H,7-11H2,1H3,(H,18,20,22). The largest absolute Gasteiger partial charge is 0.345 e. The Morgan fingerprint density at radius 1 is 1.27 bits per heavy atom. The van der Waals surface area contributed by atoms with Crippen LogP contribution in [0.15, 0.2) is 30.3 Å². The molecule has 0 radical (unpaired) electrons. The Bertz CT molecular complexity index is 608. The highest BCUT2D eigenvalue weighted by Crippen LogP contribution is 2.48. The summed E-state index contributed by atoms with van der Waals surface area (Å²) in [6.45, 7) is 0.665. The summed E-state index contributed by atoms with van der Waals surface area (Å²) >= 11 is 0. The van der Waals surface area contributed by atoms with Gasteiger partial charge in [0.1, 0.15) is 0 Å². The molecule has 1 aliphatic carbocycles. The molecule has 5 heteroatoms. The van der Waals surface area contributed by atoms with E-state index in [0.29, 0.717) is 6.54 Å². The van der Waals surface area contributed by atoms with Crippen molar-refractivity contribution in [2.75, 3.05) is 13.6 Å². The molecule has 0 bridgehead atoms. The average Bonchev–Trinajstić information content (AvgIpc) is 3.21. The van der Waals surface area contributed by atoms with Crippen LogP contribution in [0.4, 0.5) is 0 Å². The molecule has 5 nitrogen and oxygen atoms in total. The SMILES string of the molecule is CN(CC1(c2ccccc2)CC1)C(=O)CC1CC(=O)NC1=O. The van der Waals surface area contributed by atoms with Gasteiger partial charge in [0.15, 0.2) is 0 Å². The molecule has 1 heterocycles.